The number of para-hydroxylation sites is 2. The molecule has 55 heavy (non-hydrogen) atoms. The van der Waals surface area contributed by atoms with E-state index in [1.807, 2.05) is 30.3 Å². The van der Waals surface area contributed by atoms with E-state index in [0.717, 1.165) is 94.5 Å². The molecule has 2 aromatic heterocycles. The fourth-order valence-corrected chi connectivity index (χ4v) is 7.59. The first-order valence-electron chi connectivity index (χ1n) is 18.6. The fourth-order valence-electron chi connectivity index (χ4n) is 7.59. The average Bonchev–Trinajstić information content (AvgIpc) is 3.66. The standard InChI is InChI=1S/C52H34N2O/c1-5-16-35(17-6-1)39-28-29-43(37-20-9-3-10-21-37)47(33-39)49-34-48(53-52(54-49)38-22-11-4-12-23-38)42-31-40(36-18-7-2-8-19-36)30-41(32-42)44-25-15-26-46-45-24-13-14-27-50(45)55-51(44)46/h1-34H. The highest BCUT2D eigenvalue weighted by atomic mass is 16.3. The van der Waals surface area contributed by atoms with Crippen molar-refractivity contribution in [3.8, 4) is 78.4 Å². The van der Waals surface area contributed by atoms with Crippen molar-refractivity contribution in [1.82, 2.24) is 9.97 Å². The molecule has 0 aliphatic carbocycles. The molecule has 0 saturated heterocycles. The number of furan rings is 1. The maximum atomic E-state index is 6.56. The van der Waals surface area contributed by atoms with E-state index in [0.29, 0.717) is 5.82 Å². The first-order chi connectivity index (χ1) is 27.2. The SMILES string of the molecule is c1ccc(-c2cc(-c3cc(-c4cc(-c5ccccc5)ccc4-c4ccccc4)nc(-c4ccccc4)n3)cc(-c3cccc4c3oc3ccccc34)c2)cc1. The van der Waals surface area contributed by atoms with E-state index in [1.54, 1.807) is 0 Å². The molecule has 0 saturated carbocycles. The molecule has 2 heterocycles. The van der Waals surface area contributed by atoms with E-state index in [2.05, 4.69) is 176 Å². The number of aromatic nitrogens is 2. The van der Waals surface area contributed by atoms with Crippen molar-refractivity contribution < 1.29 is 4.42 Å². The highest BCUT2D eigenvalue weighted by molar-refractivity contribution is 6.10. The topological polar surface area (TPSA) is 38.9 Å². The summed E-state index contributed by atoms with van der Waals surface area (Å²) in [7, 11) is 0. The number of hydrogen-bond donors (Lipinski definition) is 0. The molecule has 0 amide bonds. The van der Waals surface area contributed by atoms with Crippen LogP contribution in [0.4, 0.5) is 0 Å². The van der Waals surface area contributed by atoms with Crippen molar-refractivity contribution in [2.75, 3.05) is 0 Å². The summed E-state index contributed by atoms with van der Waals surface area (Å²) >= 11 is 0. The second-order valence-corrected chi connectivity index (χ2v) is 13.8. The first kappa shape index (κ1) is 32.3. The number of rotatable bonds is 7. The Bertz CT molecular complexity index is 2950. The van der Waals surface area contributed by atoms with Crippen LogP contribution in [0.1, 0.15) is 0 Å². The van der Waals surface area contributed by atoms with E-state index in [-0.39, 0.29) is 0 Å². The van der Waals surface area contributed by atoms with Crippen LogP contribution in [0.25, 0.3) is 100 Å². The Hall–Kier alpha value is -7.36. The van der Waals surface area contributed by atoms with E-state index in [1.165, 1.54) is 0 Å². The van der Waals surface area contributed by atoms with Crippen LogP contribution in [0.3, 0.4) is 0 Å². The minimum atomic E-state index is 0.670. The second kappa shape index (κ2) is 13.9. The van der Waals surface area contributed by atoms with Gasteiger partial charge in [0.15, 0.2) is 5.82 Å². The van der Waals surface area contributed by atoms with Crippen LogP contribution >= 0.6 is 0 Å². The van der Waals surface area contributed by atoms with Gasteiger partial charge in [-0.2, -0.15) is 0 Å². The van der Waals surface area contributed by atoms with E-state index in [9.17, 15) is 0 Å². The largest absolute Gasteiger partial charge is 0.455 e. The third-order valence-corrected chi connectivity index (χ3v) is 10.3. The molecular weight excluding hydrogens is 669 g/mol. The number of nitrogens with zero attached hydrogens (tertiary/aromatic N) is 2. The van der Waals surface area contributed by atoms with Crippen molar-refractivity contribution >= 4 is 21.9 Å². The van der Waals surface area contributed by atoms with Crippen LogP contribution in [0.5, 0.6) is 0 Å². The molecule has 10 rings (SSSR count). The van der Waals surface area contributed by atoms with Gasteiger partial charge in [-0.05, 0) is 75.3 Å². The molecule has 8 aromatic carbocycles. The molecule has 0 radical (unpaired) electrons. The van der Waals surface area contributed by atoms with Gasteiger partial charge < -0.3 is 4.42 Å². The Morgan fingerprint density at radius 2 is 0.855 bits per heavy atom. The molecule has 0 unspecified atom stereocenters. The molecule has 0 bridgehead atoms. The van der Waals surface area contributed by atoms with E-state index in [4.69, 9.17) is 14.4 Å². The monoisotopic (exact) mass is 702 g/mol. The zero-order valence-corrected chi connectivity index (χ0v) is 29.9. The lowest BCUT2D eigenvalue weighted by molar-refractivity contribution is 0.670. The third kappa shape index (κ3) is 6.18. The molecule has 0 N–H and O–H groups in total. The summed E-state index contributed by atoms with van der Waals surface area (Å²) in [4.78, 5) is 10.6. The molecular formula is C52H34N2O. The second-order valence-electron chi connectivity index (χ2n) is 13.8. The summed E-state index contributed by atoms with van der Waals surface area (Å²) in [5.74, 6) is 0.670. The molecule has 10 aromatic rings. The van der Waals surface area contributed by atoms with Crippen molar-refractivity contribution in [3.63, 3.8) is 0 Å². The van der Waals surface area contributed by atoms with Gasteiger partial charge in [0.1, 0.15) is 11.2 Å². The summed E-state index contributed by atoms with van der Waals surface area (Å²) < 4.78 is 6.56. The molecule has 0 fully saturated rings. The predicted molar refractivity (Wildman–Crippen MR) is 227 cm³/mol. The summed E-state index contributed by atoms with van der Waals surface area (Å²) in [6.45, 7) is 0. The van der Waals surface area contributed by atoms with Gasteiger partial charge in [0.2, 0.25) is 0 Å². The summed E-state index contributed by atoms with van der Waals surface area (Å²) in [6, 6.07) is 72.2. The first-order valence-corrected chi connectivity index (χ1v) is 18.6. The van der Waals surface area contributed by atoms with Crippen molar-refractivity contribution in [3.05, 3.63) is 206 Å². The minimum absolute atomic E-state index is 0.670. The van der Waals surface area contributed by atoms with Crippen molar-refractivity contribution in [2.24, 2.45) is 0 Å². The third-order valence-electron chi connectivity index (χ3n) is 10.3. The average molecular weight is 703 g/mol. The zero-order valence-electron chi connectivity index (χ0n) is 29.9. The van der Waals surface area contributed by atoms with Gasteiger partial charge in [-0.1, -0.05) is 170 Å². The van der Waals surface area contributed by atoms with Gasteiger partial charge in [-0.15, -0.1) is 0 Å². The maximum absolute atomic E-state index is 6.56. The minimum Gasteiger partial charge on any atom is -0.455 e. The normalized spacial score (nSPS) is 11.3. The molecule has 0 spiro atoms. The van der Waals surface area contributed by atoms with Gasteiger partial charge in [-0.3, -0.25) is 0 Å². The van der Waals surface area contributed by atoms with Crippen LogP contribution in [0.2, 0.25) is 0 Å². The quantitative estimate of drug-likeness (QED) is 0.166. The van der Waals surface area contributed by atoms with Crippen LogP contribution in [0, 0.1) is 0 Å². The summed E-state index contributed by atoms with van der Waals surface area (Å²) in [6.07, 6.45) is 0. The maximum Gasteiger partial charge on any atom is 0.160 e. The number of hydrogen-bond acceptors (Lipinski definition) is 3. The van der Waals surface area contributed by atoms with Gasteiger partial charge in [0.05, 0.1) is 11.4 Å². The lowest BCUT2D eigenvalue weighted by Gasteiger charge is -2.16. The Kier molecular flexibility index (Phi) is 8.16. The lowest BCUT2D eigenvalue weighted by atomic mass is 9.91. The Morgan fingerprint density at radius 1 is 0.291 bits per heavy atom. The molecule has 0 atom stereocenters. The Labute approximate surface area is 319 Å². The van der Waals surface area contributed by atoms with Crippen molar-refractivity contribution in [1.29, 1.82) is 0 Å². The molecule has 0 aliphatic heterocycles. The molecule has 0 aliphatic rings. The fraction of sp³-hybridized carbons (Fsp3) is 0. The van der Waals surface area contributed by atoms with E-state index >= 15 is 0 Å². The van der Waals surface area contributed by atoms with Crippen LogP contribution < -0.4 is 0 Å². The van der Waals surface area contributed by atoms with E-state index < -0.39 is 0 Å². The molecule has 3 nitrogen and oxygen atoms in total. The molecule has 258 valence electrons. The highest BCUT2D eigenvalue weighted by Gasteiger charge is 2.18. The smallest absolute Gasteiger partial charge is 0.160 e. The van der Waals surface area contributed by atoms with Crippen LogP contribution in [0.15, 0.2) is 211 Å². The Balaban J connectivity index is 1.23. The zero-order chi connectivity index (χ0) is 36.6. The highest BCUT2D eigenvalue weighted by Crippen LogP contribution is 2.41. The van der Waals surface area contributed by atoms with Gasteiger partial charge >= 0.3 is 0 Å². The predicted octanol–water partition coefficient (Wildman–Crippen LogP) is 14.0. The summed E-state index contributed by atoms with van der Waals surface area (Å²) in [5.41, 5.74) is 15.3. The molecule has 3 heteroatoms. The van der Waals surface area contributed by atoms with Gasteiger partial charge in [0, 0.05) is 33.0 Å². The van der Waals surface area contributed by atoms with Crippen LogP contribution in [-0.4, -0.2) is 9.97 Å². The lowest BCUT2D eigenvalue weighted by Crippen LogP contribution is -1.98. The van der Waals surface area contributed by atoms with Crippen LogP contribution in [-0.2, 0) is 0 Å². The van der Waals surface area contributed by atoms with Crippen molar-refractivity contribution in [2.45, 2.75) is 0 Å². The number of fused-ring (bicyclic) bond motifs is 3. The number of benzene rings is 8. The van der Waals surface area contributed by atoms with Gasteiger partial charge in [0.25, 0.3) is 0 Å². The Morgan fingerprint density at radius 3 is 1.58 bits per heavy atom. The van der Waals surface area contributed by atoms with Gasteiger partial charge in [-0.25, -0.2) is 9.97 Å². The summed E-state index contributed by atoms with van der Waals surface area (Å²) in [5, 5.41) is 2.21.